The molecule has 0 aromatic rings. The summed E-state index contributed by atoms with van der Waals surface area (Å²) in [6, 6.07) is 0.663. The molecule has 0 rings (SSSR count). The van der Waals surface area contributed by atoms with Gasteiger partial charge >= 0.3 is 0 Å². The fourth-order valence-corrected chi connectivity index (χ4v) is 2.67. The molecule has 1 heteroatoms. The molecule has 1 nitrogen and oxygen atoms in total. The minimum atomic E-state index is 0.663. The SMILES string of the molecule is C=CCC(CCCCCCCCCCCC)NCC. The number of hydrogen-bond acceptors (Lipinski definition) is 1. The fraction of sp³-hybridized carbons (Fsp3) is 0.889. The lowest BCUT2D eigenvalue weighted by Crippen LogP contribution is -2.28. The van der Waals surface area contributed by atoms with Crippen LogP contribution in [0.3, 0.4) is 0 Å². The van der Waals surface area contributed by atoms with Crippen molar-refractivity contribution in [2.45, 2.75) is 96.9 Å². The minimum absolute atomic E-state index is 0.663. The van der Waals surface area contributed by atoms with Gasteiger partial charge in [0.25, 0.3) is 0 Å². The molecule has 1 atom stereocenters. The number of hydrogen-bond donors (Lipinski definition) is 1. The molecule has 0 aliphatic carbocycles. The third-order valence-electron chi connectivity index (χ3n) is 3.85. The highest BCUT2D eigenvalue weighted by Gasteiger charge is 2.03. The molecule has 0 saturated carbocycles. The van der Waals surface area contributed by atoms with Crippen LogP contribution < -0.4 is 5.32 Å². The van der Waals surface area contributed by atoms with E-state index in [-0.39, 0.29) is 0 Å². The van der Waals surface area contributed by atoms with Crippen LogP contribution in [0, 0.1) is 0 Å². The van der Waals surface area contributed by atoms with Crippen molar-refractivity contribution in [3.8, 4) is 0 Å². The molecule has 1 N–H and O–H groups in total. The second-order valence-electron chi connectivity index (χ2n) is 5.75. The van der Waals surface area contributed by atoms with Gasteiger partial charge in [0, 0.05) is 6.04 Å². The largest absolute Gasteiger partial charge is 0.314 e. The molecule has 114 valence electrons. The maximum Gasteiger partial charge on any atom is 0.0101 e. The number of rotatable bonds is 15. The van der Waals surface area contributed by atoms with Crippen LogP contribution >= 0.6 is 0 Å². The molecule has 0 saturated heterocycles. The predicted molar refractivity (Wildman–Crippen MR) is 88.7 cm³/mol. The zero-order chi connectivity index (χ0) is 14.2. The van der Waals surface area contributed by atoms with E-state index >= 15 is 0 Å². The van der Waals surface area contributed by atoms with E-state index in [1.54, 1.807) is 0 Å². The van der Waals surface area contributed by atoms with Gasteiger partial charge in [0.05, 0.1) is 0 Å². The second-order valence-corrected chi connectivity index (χ2v) is 5.75. The van der Waals surface area contributed by atoms with Gasteiger partial charge < -0.3 is 5.32 Å². The highest BCUT2D eigenvalue weighted by molar-refractivity contribution is 4.77. The van der Waals surface area contributed by atoms with E-state index in [2.05, 4.69) is 25.7 Å². The summed E-state index contributed by atoms with van der Waals surface area (Å²) in [5, 5.41) is 3.54. The van der Waals surface area contributed by atoms with Crippen LogP contribution in [0.5, 0.6) is 0 Å². The summed E-state index contributed by atoms with van der Waals surface area (Å²) in [5.41, 5.74) is 0. The van der Waals surface area contributed by atoms with Gasteiger partial charge in [-0.15, -0.1) is 6.58 Å². The number of nitrogens with one attached hydrogen (secondary N) is 1. The summed E-state index contributed by atoms with van der Waals surface area (Å²) in [6.07, 6.45) is 18.7. The quantitative estimate of drug-likeness (QED) is 0.290. The predicted octanol–water partition coefficient (Wildman–Crippen LogP) is 5.85. The van der Waals surface area contributed by atoms with Crippen molar-refractivity contribution in [3.05, 3.63) is 12.7 Å². The van der Waals surface area contributed by atoms with Gasteiger partial charge in [0.15, 0.2) is 0 Å². The highest BCUT2D eigenvalue weighted by Crippen LogP contribution is 2.12. The van der Waals surface area contributed by atoms with Gasteiger partial charge in [-0.25, -0.2) is 0 Å². The molecule has 0 amide bonds. The van der Waals surface area contributed by atoms with Crippen molar-refractivity contribution in [1.29, 1.82) is 0 Å². The highest BCUT2D eigenvalue weighted by atomic mass is 14.9. The van der Waals surface area contributed by atoms with E-state index in [0.717, 1.165) is 13.0 Å². The van der Waals surface area contributed by atoms with Gasteiger partial charge in [-0.05, 0) is 19.4 Å². The lowest BCUT2D eigenvalue weighted by molar-refractivity contribution is 0.463. The van der Waals surface area contributed by atoms with Crippen LogP contribution in [0.4, 0.5) is 0 Å². The Morgan fingerprint density at radius 1 is 0.842 bits per heavy atom. The third-order valence-corrected chi connectivity index (χ3v) is 3.85. The van der Waals surface area contributed by atoms with Gasteiger partial charge in [-0.3, -0.25) is 0 Å². The Labute approximate surface area is 122 Å². The molecule has 0 heterocycles. The van der Waals surface area contributed by atoms with E-state index in [4.69, 9.17) is 0 Å². The monoisotopic (exact) mass is 267 g/mol. The average molecular weight is 268 g/mol. The fourth-order valence-electron chi connectivity index (χ4n) is 2.67. The maximum atomic E-state index is 3.84. The summed E-state index contributed by atoms with van der Waals surface area (Å²) in [4.78, 5) is 0. The van der Waals surface area contributed by atoms with Crippen LogP contribution in [-0.2, 0) is 0 Å². The van der Waals surface area contributed by atoms with E-state index in [9.17, 15) is 0 Å². The Morgan fingerprint density at radius 3 is 1.84 bits per heavy atom. The Balaban J connectivity index is 3.22. The van der Waals surface area contributed by atoms with Crippen molar-refractivity contribution in [2.24, 2.45) is 0 Å². The first kappa shape index (κ1) is 18.7. The minimum Gasteiger partial charge on any atom is -0.314 e. The molecule has 0 aromatic heterocycles. The lowest BCUT2D eigenvalue weighted by atomic mass is 10.0. The molecule has 0 aliphatic heterocycles. The Hall–Kier alpha value is -0.300. The van der Waals surface area contributed by atoms with Crippen molar-refractivity contribution >= 4 is 0 Å². The normalized spacial score (nSPS) is 12.5. The average Bonchev–Trinajstić information content (AvgIpc) is 2.41. The van der Waals surface area contributed by atoms with E-state index in [0.29, 0.717) is 6.04 Å². The van der Waals surface area contributed by atoms with E-state index in [1.807, 2.05) is 6.08 Å². The summed E-state index contributed by atoms with van der Waals surface area (Å²) in [5.74, 6) is 0. The molecule has 0 aliphatic rings. The van der Waals surface area contributed by atoms with Gasteiger partial charge in [-0.2, -0.15) is 0 Å². The molecule has 19 heavy (non-hydrogen) atoms. The van der Waals surface area contributed by atoms with Crippen molar-refractivity contribution < 1.29 is 0 Å². The van der Waals surface area contributed by atoms with Crippen molar-refractivity contribution in [2.75, 3.05) is 6.54 Å². The molecular weight excluding hydrogens is 230 g/mol. The summed E-state index contributed by atoms with van der Waals surface area (Å²) in [6.45, 7) is 9.40. The lowest BCUT2D eigenvalue weighted by Gasteiger charge is -2.15. The molecule has 0 spiro atoms. The Kier molecular flexibility index (Phi) is 15.5. The Bertz CT molecular complexity index is 177. The third kappa shape index (κ3) is 13.9. The maximum absolute atomic E-state index is 3.84. The molecule has 0 fully saturated rings. The van der Waals surface area contributed by atoms with Crippen LogP contribution in [0.25, 0.3) is 0 Å². The summed E-state index contributed by atoms with van der Waals surface area (Å²) in [7, 11) is 0. The van der Waals surface area contributed by atoms with Crippen LogP contribution in [0.2, 0.25) is 0 Å². The van der Waals surface area contributed by atoms with Crippen molar-refractivity contribution in [1.82, 2.24) is 5.32 Å². The second kappa shape index (κ2) is 15.8. The van der Waals surface area contributed by atoms with Gasteiger partial charge in [-0.1, -0.05) is 84.1 Å². The Morgan fingerprint density at radius 2 is 1.37 bits per heavy atom. The van der Waals surface area contributed by atoms with Crippen LogP contribution in [0.15, 0.2) is 12.7 Å². The summed E-state index contributed by atoms with van der Waals surface area (Å²) < 4.78 is 0. The van der Waals surface area contributed by atoms with Crippen molar-refractivity contribution in [3.63, 3.8) is 0 Å². The zero-order valence-corrected chi connectivity index (χ0v) is 13.6. The molecule has 0 radical (unpaired) electrons. The number of unbranched alkanes of at least 4 members (excludes halogenated alkanes) is 9. The zero-order valence-electron chi connectivity index (χ0n) is 13.6. The van der Waals surface area contributed by atoms with E-state index in [1.165, 1.54) is 70.6 Å². The van der Waals surface area contributed by atoms with Gasteiger partial charge in [0.1, 0.15) is 0 Å². The topological polar surface area (TPSA) is 12.0 Å². The van der Waals surface area contributed by atoms with Crippen LogP contribution in [-0.4, -0.2) is 12.6 Å². The summed E-state index contributed by atoms with van der Waals surface area (Å²) >= 11 is 0. The smallest absolute Gasteiger partial charge is 0.0101 e. The molecule has 0 aromatic carbocycles. The molecule has 1 unspecified atom stereocenters. The van der Waals surface area contributed by atoms with E-state index < -0.39 is 0 Å². The molecule has 0 bridgehead atoms. The first-order valence-electron chi connectivity index (χ1n) is 8.69. The first-order chi connectivity index (χ1) is 9.35. The first-order valence-corrected chi connectivity index (χ1v) is 8.69. The molecular formula is C18H37N. The van der Waals surface area contributed by atoms with Gasteiger partial charge in [0.2, 0.25) is 0 Å². The standard InChI is InChI=1S/C18H37N/c1-4-7-8-9-10-11-12-13-14-15-17-18(16-5-2)19-6-3/h5,18-19H,2,4,6-17H2,1,3H3. The van der Waals surface area contributed by atoms with Crippen LogP contribution in [0.1, 0.15) is 90.9 Å².